The van der Waals surface area contributed by atoms with Gasteiger partial charge in [-0.3, -0.25) is 4.57 Å². The minimum Gasteiger partial charge on any atom is -0.281 e. The third-order valence-corrected chi connectivity index (χ3v) is 4.00. The first kappa shape index (κ1) is 10.7. The third-order valence-electron chi connectivity index (χ3n) is 2.38. The molecule has 1 aromatic carbocycles. The van der Waals surface area contributed by atoms with Crippen molar-refractivity contribution in [2.24, 2.45) is 0 Å². The van der Waals surface area contributed by atoms with E-state index in [9.17, 15) is 0 Å². The van der Waals surface area contributed by atoms with Crippen molar-refractivity contribution >= 4 is 27.3 Å². The van der Waals surface area contributed by atoms with E-state index in [1.165, 1.54) is 0 Å². The predicted molar refractivity (Wildman–Crippen MR) is 72.4 cm³/mol. The van der Waals surface area contributed by atoms with Gasteiger partial charge >= 0.3 is 0 Å². The van der Waals surface area contributed by atoms with Crippen LogP contribution in [0.4, 0.5) is 0 Å². The molecule has 0 aliphatic heterocycles. The smallest absolute Gasteiger partial charge is 0.178 e. The summed E-state index contributed by atoms with van der Waals surface area (Å²) in [6.45, 7) is 0. The molecule has 2 heterocycles. The van der Waals surface area contributed by atoms with Gasteiger partial charge in [0.05, 0.1) is 8.66 Å². The van der Waals surface area contributed by atoms with Crippen LogP contribution in [0.2, 0.25) is 0 Å². The number of rotatable bonds is 2. The molecule has 2 aromatic heterocycles. The Bertz CT molecular complexity index is 630. The van der Waals surface area contributed by atoms with Crippen LogP contribution in [-0.2, 0) is 0 Å². The zero-order valence-electron chi connectivity index (χ0n) is 8.75. The highest BCUT2D eigenvalue weighted by molar-refractivity contribution is 9.11. The van der Waals surface area contributed by atoms with E-state index in [1.807, 2.05) is 47.0 Å². The van der Waals surface area contributed by atoms with E-state index in [2.05, 4.69) is 26.1 Å². The zero-order valence-corrected chi connectivity index (χ0v) is 11.1. The maximum atomic E-state index is 4.18. The second kappa shape index (κ2) is 4.43. The number of aromatic nitrogens is 3. The third kappa shape index (κ3) is 2.03. The fourth-order valence-electron chi connectivity index (χ4n) is 1.62. The van der Waals surface area contributed by atoms with Gasteiger partial charge in [0.1, 0.15) is 6.33 Å². The maximum absolute atomic E-state index is 4.18. The van der Waals surface area contributed by atoms with Gasteiger partial charge < -0.3 is 0 Å². The summed E-state index contributed by atoms with van der Waals surface area (Å²) in [6.07, 6.45) is 1.73. The summed E-state index contributed by atoms with van der Waals surface area (Å²) in [5, 5.41) is 8.17. The molecule has 17 heavy (non-hydrogen) atoms. The minimum absolute atomic E-state index is 0.868. The molecule has 0 radical (unpaired) electrons. The highest BCUT2D eigenvalue weighted by atomic mass is 79.9. The van der Waals surface area contributed by atoms with Crippen molar-refractivity contribution in [3.63, 3.8) is 0 Å². The molecule has 5 heteroatoms. The fourth-order valence-corrected chi connectivity index (χ4v) is 2.98. The van der Waals surface area contributed by atoms with Gasteiger partial charge in [-0.1, -0.05) is 18.2 Å². The SMILES string of the molecule is Brc1ccc(-c2nncn2-c2ccccc2)s1. The Kier molecular flexibility index (Phi) is 2.78. The Morgan fingerprint density at radius 3 is 2.59 bits per heavy atom. The number of thiophene rings is 1. The molecule has 84 valence electrons. The van der Waals surface area contributed by atoms with Crippen LogP contribution < -0.4 is 0 Å². The van der Waals surface area contributed by atoms with Crippen molar-refractivity contribution in [1.82, 2.24) is 14.8 Å². The number of benzene rings is 1. The summed E-state index contributed by atoms with van der Waals surface area (Å²) < 4.78 is 3.08. The van der Waals surface area contributed by atoms with Crippen molar-refractivity contribution in [2.75, 3.05) is 0 Å². The minimum atomic E-state index is 0.868. The second-order valence-electron chi connectivity index (χ2n) is 3.46. The maximum Gasteiger partial charge on any atom is 0.178 e. The lowest BCUT2D eigenvalue weighted by Crippen LogP contribution is -1.94. The molecule has 0 saturated carbocycles. The van der Waals surface area contributed by atoms with Crippen LogP contribution >= 0.6 is 27.3 Å². The summed E-state index contributed by atoms with van der Waals surface area (Å²) in [5.74, 6) is 0.868. The molecule has 3 nitrogen and oxygen atoms in total. The quantitative estimate of drug-likeness (QED) is 0.722. The van der Waals surface area contributed by atoms with Gasteiger partial charge in [-0.15, -0.1) is 21.5 Å². The van der Waals surface area contributed by atoms with Crippen LogP contribution in [0.25, 0.3) is 16.4 Å². The lowest BCUT2D eigenvalue weighted by molar-refractivity contribution is 1.07. The molecule has 3 aromatic rings. The highest BCUT2D eigenvalue weighted by Crippen LogP contribution is 2.30. The molecule has 0 bridgehead atoms. The molecule has 0 amide bonds. The summed E-state index contributed by atoms with van der Waals surface area (Å²) in [6, 6.07) is 14.1. The van der Waals surface area contributed by atoms with Crippen LogP contribution in [-0.4, -0.2) is 14.8 Å². The monoisotopic (exact) mass is 305 g/mol. The Hall–Kier alpha value is -1.46. The van der Waals surface area contributed by atoms with Gasteiger partial charge in [0.2, 0.25) is 0 Å². The number of para-hydroxylation sites is 1. The van der Waals surface area contributed by atoms with E-state index < -0.39 is 0 Å². The van der Waals surface area contributed by atoms with Gasteiger partial charge in [-0.25, -0.2) is 0 Å². The highest BCUT2D eigenvalue weighted by Gasteiger charge is 2.10. The van der Waals surface area contributed by atoms with Crippen LogP contribution in [0.3, 0.4) is 0 Å². The van der Waals surface area contributed by atoms with Gasteiger partial charge in [-0.2, -0.15) is 0 Å². The number of halogens is 1. The fraction of sp³-hybridized carbons (Fsp3) is 0. The summed E-state index contributed by atoms with van der Waals surface area (Å²) in [7, 11) is 0. The molecule has 0 spiro atoms. The van der Waals surface area contributed by atoms with E-state index in [1.54, 1.807) is 17.7 Å². The summed E-state index contributed by atoms with van der Waals surface area (Å²) in [4.78, 5) is 1.10. The molecule has 0 saturated heterocycles. The first-order chi connectivity index (χ1) is 8.34. The van der Waals surface area contributed by atoms with Crippen molar-refractivity contribution < 1.29 is 0 Å². The molecule has 0 aliphatic carbocycles. The molecule has 0 aliphatic rings. The first-order valence-corrected chi connectivity index (χ1v) is 6.67. The number of nitrogens with zero attached hydrogens (tertiary/aromatic N) is 3. The van der Waals surface area contributed by atoms with Crippen LogP contribution in [0.5, 0.6) is 0 Å². The zero-order chi connectivity index (χ0) is 11.7. The molecular formula is C12H8BrN3S. The van der Waals surface area contributed by atoms with Gasteiger partial charge in [0.15, 0.2) is 5.82 Å². The van der Waals surface area contributed by atoms with E-state index in [-0.39, 0.29) is 0 Å². The lowest BCUT2D eigenvalue weighted by atomic mass is 10.3. The molecule has 0 atom stereocenters. The lowest BCUT2D eigenvalue weighted by Gasteiger charge is -2.03. The van der Waals surface area contributed by atoms with E-state index in [4.69, 9.17) is 0 Å². The van der Waals surface area contributed by atoms with Crippen molar-refractivity contribution in [1.29, 1.82) is 0 Å². The van der Waals surface area contributed by atoms with Gasteiger partial charge in [0.25, 0.3) is 0 Å². The normalized spacial score (nSPS) is 10.6. The average Bonchev–Trinajstić information content (AvgIpc) is 2.98. The van der Waals surface area contributed by atoms with Crippen molar-refractivity contribution in [3.05, 3.63) is 52.6 Å². The van der Waals surface area contributed by atoms with Gasteiger partial charge in [-0.05, 0) is 40.2 Å². The Morgan fingerprint density at radius 2 is 1.88 bits per heavy atom. The molecule has 3 rings (SSSR count). The number of hydrogen-bond donors (Lipinski definition) is 0. The first-order valence-electron chi connectivity index (χ1n) is 5.06. The topological polar surface area (TPSA) is 30.7 Å². The van der Waals surface area contributed by atoms with Crippen LogP contribution in [0, 0.1) is 0 Å². The van der Waals surface area contributed by atoms with Crippen molar-refractivity contribution in [3.8, 4) is 16.4 Å². The Labute approximate surface area is 111 Å². The molecule has 0 fully saturated rings. The molecular weight excluding hydrogens is 298 g/mol. The van der Waals surface area contributed by atoms with E-state index in [0.29, 0.717) is 0 Å². The Morgan fingerprint density at radius 1 is 1.06 bits per heavy atom. The number of hydrogen-bond acceptors (Lipinski definition) is 3. The average molecular weight is 306 g/mol. The molecule has 0 unspecified atom stereocenters. The van der Waals surface area contributed by atoms with Gasteiger partial charge in [0, 0.05) is 5.69 Å². The molecule has 0 N–H and O–H groups in total. The summed E-state index contributed by atoms with van der Waals surface area (Å²) in [5.41, 5.74) is 1.07. The predicted octanol–water partition coefficient (Wildman–Crippen LogP) is 3.76. The van der Waals surface area contributed by atoms with Crippen LogP contribution in [0.1, 0.15) is 0 Å². The summed E-state index contributed by atoms with van der Waals surface area (Å²) >= 11 is 5.11. The van der Waals surface area contributed by atoms with Crippen molar-refractivity contribution in [2.45, 2.75) is 0 Å². The van der Waals surface area contributed by atoms with E-state index >= 15 is 0 Å². The largest absolute Gasteiger partial charge is 0.281 e. The Balaban J connectivity index is 2.12. The van der Waals surface area contributed by atoms with Crippen LogP contribution in [0.15, 0.2) is 52.6 Å². The second-order valence-corrected chi connectivity index (χ2v) is 5.93. The standard InChI is InChI=1S/C12H8BrN3S/c13-11-7-6-10(17-11)12-15-14-8-16(12)9-4-2-1-3-5-9/h1-8H. The van der Waals surface area contributed by atoms with E-state index in [0.717, 1.165) is 20.2 Å².